The predicted octanol–water partition coefficient (Wildman–Crippen LogP) is -3.09. The zero-order valence-electron chi connectivity index (χ0n) is 13.8. The number of hydrogen-bond acceptors (Lipinski definition) is 3. The molecule has 3 aromatic heterocycles. The first-order valence-electron chi connectivity index (χ1n) is 7.64. The first-order chi connectivity index (χ1) is 11.6. The third-order valence-corrected chi connectivity index (χ3v) is 4.39. The van der Waals surface area contributed by atoms with E-state index in [0.717, 1.165) is 15.6 Å². The minimum atomic E-state index is -0.372. The summed E-state index contributed by atoms with van der Waals surface area (Å²) in [5.74, 6) is 0. The molecule has 9 heteroatoms. The van der Waals surface area contributed by atoms with Crippen molar-refractivity contribution in [1.82, 2.24) is 23.7 Å². The van der Waals surface area contributed by atoms with Crippen molar-refractivity contribution in [2.75, 3.05) is 0 Å². The lowest BCUT2D eigenvalue weighted by Gasteiger charge is -2.05. The number of aromatic amines is 1. The summed E-state index contributed by atoms with van der Waals surface area (Å²) in [7, 11) is 3.10. The molecule has 0 spiro atoms. The third-order valence-electron chi connectivity index (χ3n) is 4.39. The highest BCUT2D eigenvalue weighted by Gasteiger charge is 2.15. The maximum Gasteiger partial charge on any atom is 0.332 e. The van der Waals surface area contributed by atoms with E-state index in [4.69, 9.17) is 0 Å². The van der Waals surface area contributed by atoms with Crippen molar-refractivity contribution in [1.29, 1.82) is 0 Å². The van der Waals surface area contributed by atoms with Crippen LogP contribution in [-0.4, -0.2) is 23.7 Å². The number of aryl methyl sites for hydroxylation is 3. The Morgan fingerprint density at radius 1 is 1.16 bits per heavy atom. The van der Waals surface area contributed by atoms with Gasteiger partial charge in [0.05, 0.1) is 12.9 Å². The average Bonchev–Trinajstić information content (AvgIpc) is 3.20. The van der Waals surface area contributed by atoms with Gasteiger partial charge in [0, 0.05) is 14.1 Å². The molecule has 4 aromatic rings. The maximum atomic E-state index is 12.4. The van der Waals surface area contributed by atoms with Crippen LogP contribution in [0.1, 0.15) is 0 Å². The average molecular weight is 361 g/mol. The highest BCUT2D eigenvalue weighted by atomic mass is 35.5. The van der Waals surface area contributed by atoms with Gasteiger partial charge in [-0.05, 0) is 12.1 Å². The molecular formula is C16H17ClN6O2. The molecule has 1 N–H and O–H groups in total. The van der Waals surface area contributed by atoms with Crippen molar-refractivity contribution in [3.8, 4) is 0 Å². The Balaban J connectivity index is 0.00000182. The van der Waals surface area contributed by atoms with Crippen LogP contribution in [0.4, 0.5) is 0 Å². The third kappa shape index (κ3) is 2.54. The minimum absolute atomic E-state index is 0. The zero-order chi connectivity index (χ0) is 16.8. The van der Waals surface area contributed by atoms with Gasteiger partial charge in [0.25, 0.3) is 5.56 Å². The lowest BCUT2D eigenvalue weighted by atomic mass is 10.3. The van der Waals surface area contributed by atoms with Crippen LogP contribution in [0, 0.1) is 0 Å². The molecule has 0 unspecified atom stereocenters. The van der Waals surface area contributed by atoms with Gasteiger partial charge >= 0.3 is 5.69 Å². The molecule has 0 aliphatic heterocycles. The highest BCUT2D eigenvalue weighted by molar-refractivity contribution is 5.71. The number of imidazole rings is 2. The van der Waals surface area contributed by atoms with Crippen LogP contribution in [0.2, 0.25) is 0 Å². The van der Waals surface area contributed by atoms with Crippen LogP contribution in [0.5, 0.6) is 0 Å². The van der Waals surface area contributed by atoms with E-state index in [1.165, 1.54) is 11.6 Å². The van der Waals surface area contributed by atoms with Gasteiger partial charge in [0.1, 0.15) is 6.54 Å². The van der Waals surface area contributed by atoms with Crippen LogP contribution in [0.15, 0.2) is 46.5 Å². The van der Waals surface area contributed by atoms with Crippen molar-refractivity contribution in [2.45, 2.75) is 13.1 Å². The van der Waals surface area contributed by atoms with E-state index in [9.17, 15) is 9.59 Å². The molecular weight excluding hydrogens is 344 g/mol. The van der Waals surface area contributed by atoms with Crippen molar-refractivity contribution in [2.24, 2.45) is 14.1 Å². The van der Waals surface area contributed by atoms with Crippen molar-refractivity contribution in [3.05, 3.63) is 57.8 Å². The first-order valence-corrected chi connectivity index (χ1v) is 7.64. The van der Waals surface area contributed by atoms with Gasteiger partial charge in [-0.2, -0.15) is 0 Å². The zero-order valence-corrected chi connectivity index (χ0v) is 14.6. The molecule has 0 amide bonds. The fourth-order valence-electron chi connectivity index (χ4n) is 3.03. The molecule has 0 aliphatic carbocycles. The number of rotatable bonds is 3. The summed E-state index contributed by atoms with van der Waals surface area (Å²) in [5.41, 5.74) is 2.32. The molecule has 3 heterocycles. The first kappa shape index (κ1) is 17.0. The van der Waals surface area contributed by atoms with E-state index in [-0.39, 0.29) is 23.7 Å². The molecule has 25 heavy (non-hydrogen) atoms. The largest absolute Gasteiger partial charge is 1.00 e. The summed E-state index contributed by atoms with van der Waals surface area (Å²) < 4.78 is 6.39. The van der Waals surface area contributed by atoms with E-state index < -0.39 is 0 Å². The van der Waals surface area contributed by atoms with Crippen LogP contribution >= 0.6 is 0 Å². The summed E-state index contributed by atoms with van der Waals surface area (Å²) in [6.07, 6.45) is 3.53. The standard InChI is InChI=1S/C16H16N6O2.ClH/c1-19-14-13(15(23)20(2)16(19)24)22(10-18-14)8-7-21-9-17-11-5-3-4-6-12(11)21;/h3-6,9-10H,7-8H2,1-2H3;1H. The Hall–Kier alpha value is -2.87. The van der Waals surface area contributed by atoms with Gasteiger partial charge in [0.2, 0.25) is 6.33 Å². The molecule has 0 aliphatic rings. The second kappa shape index (κ2) is 6.21. The number of fused-ring (bicyclic) bond motifs is 2. The Labute approximate surface area is 148 Å². The summed E-state index contributed by atoms with van der Waals surface area (Å²) in [4.78, 5) is 31.9. The quantitative estimate of drug-likeness (QED) is 0.393. The second-order valence-corrected chi connectivity index (χ2v) is 5.80. The summed E-state index contributed by atoms with van der Waals surface area (Å²) >= 11 is 0. The minimum Gasteiger partial charge on any atom is -1.00 e. The van der Waals surface area contributed by atoms with E-state index in [1.54, 1.807) is 17.9 Å². The number of nitrogens with zero attached hydrogens (tertiary/aromatic N) is 5. The lowest BCUT2D eigenvalue weighted by Crippen LogP contribution is -3.00. The Morgan fingerprint density at radius 3 is 2.72 bits per heavy atom. The van der Waals surface area contributed by atoms with Crippen LogP contribution in [-0.2, 0) is 27.2 Å². The lowest BCUT2D eigenvalue weighted by molar-refractivity contribution is -0.672. The van der Waals surface area contributed by atoms with E-state index in [2.05, 4.69) is 14.5 Å². The molecule has 0 fully saturated rings. The van der Waals surface area contributed by atoms with Crippen LogP contribution in [0.25, 0.3) is 22.2 Å². The monoisotopic (exact) mass is 360 g/mol. The number of para-hydroxylation sites is 2. The SMILES string of the molecule is Cn1c(=O)c2c(ncn2CC[n+]2c[nH]c3ccccc32)n(C)c1=O.[Cl-]. The van der Waals surface area contributed by atoms with E-state index in [1.807, 2.05) is 30.6 Å². The van der Waals surface area contributed by atoms with Crippen molar-refractivity contribution in [3.63, 3.8) is 0 Å². The second-order valence-electron chi connectivity index (χ2n) is 5.80. The Bertz CT molecular complexity index is 1180. The summed E-state index contributed by atoms with van der Waals surface area (Å²) in [6.45, 7) is 1.26. The van der Waals surface area contributed by atoms with Crippen molar-refractivity contribution < 1.29 is 17.0 Å². The highest BCUT2D eigenvalue weighted by Crippen LogP contribution is 2.07. The fourth-order valence-corrected chi connectivity index (χ4v) is 3.03. The van der Waals surface area contributed by atoms with Gasteiger partial charge in [-0.25, -0.2) is 19.3 Å². The number of halogens is 1. The molecule has 0 bridgehead atoms. The number of hydrogen-bond donors (Lipinski definition) is 1. The normalized spacial score (nSPS) is 11.1. The van der Waals surface area contributed by atoms with Crippen LogP contribution < -0.4 is 28.2 Å². The molecule has 0 saturated carbocycles. The summed E-state index contributed by atoms with van der Waals surface area (Å²) in [6, 6.07) is 8.03. The molecule has 4 rings (SSSR count). The molecule has 130 valence electrons. The molecule has 0 saturated heterocycles. The van der Waals surface area contributed by atoms with Gasteiger partial charge in [-0.3, -0.25) is 13.9 Å². The Morgan fingerprint density at radius 2 is 1.92 bits per heavy atom. The van der Waals surface area contributed by atoms with Gasteiger partial charge < -0.3 is 17.0 Å². The van der Waals surface area contributed by atoms with Gasteiger partial charge in [-0.1, -0.05) is 12.1 Å². The predicted molar refractivity (Wildman–Crippen MR) is 88.7 cm³/mol. The summed E-state index contributed by atoms with van der Waals surface area (Å²) in [5, 5.41) is 0. The Kier molecular flexibility index (Phi) is 4.22. The van der Waals surface area contributed by atoms with Gasteiger partial charge in [0.15, 0.2) is 22.2 Å². The number of aromatic nitrogens is 6. The number of H-pyrrole nitrogens is 1. The number of nitrogens with one attached hydrogen (secondary N) is 1. The fraction of sp³-hybridized carbons (Fsp3) is 0.250. The molecule has 8 nitrogen and oxygen atoms in total. The van der Waals surface area contributed by atoms with Crippen molar-refractivity contribution >= 4 is 22.2 Å². The van der Waals surface area contributed by atoms with E-state index >= 15 is 0 Å². The topological polar surface area (TPSA) is 81.5 Å². The van der Waals surface area contributed by atoms with Gasteiger partial charge in [-0.15, -0.1) is 0 Å². The molecule has 0 atom stereocenters. The molecule has 1 aromatic carbocycles. The van der Waals surface area contributed by atoms with E-state index in [0.29, 0.717) is 24.3 Å². The maximum absolute atomic E-state index is 12.4. The van der Waals surface area contributed by atoms with Crippen LogP contribution in [0.3, 0.4) is 0 Å². The number of benzene rings is 1. The molecule has 0 radical (unpaired) electrons. The smallest absolute Gasteiger partial charge is 0.332 e.